The Hall–Kier alpha value is -1.75. The van der Waals surface area contributed by atoms with Gasteiger partial charge in [-0.15, -0.1) is 0 Å². The van der Waals surface area contributed by atoms with E-state index in [9.17, 15) is 0 Å². The van der Waals surface area contributed by atoms with Gasteiger partial charge >= 0.3 is 0 Å². The number of oxime groups is 1. The van der Waals surface area contributed by atoms with E-state index in [1.165, 1.54) is 0 Å². The van der Waals surface area contributed by atoms with Crippen LogP contribution in [-0.2, 0) is 6.54 Å². The number of methoxy groups -OCH3 is 1. The van der Waals surface area contributed by atoms with E-state index >= 15 is 0 Å². The van der Waals surface area contributed by atoms with E-state index in [1.54, 1.807) is 13.2 Å². The summed E-state index contributed by atoms with van der Waals surface area (Å²) in [6.45, 7) is 3.91. The number of nitrogens with zero attached hydrogens (tertiary/aromatic N) is 2. The van der Waals surface area contributed by atoms with Gasteiger partial charge in [0.05, 0.1) is 12.7 Å². The maximum absolute atomic E-state index is 8.66. The third-order valence-corrected chi connectivity index (χ3v) is 2.64. The predicted molar refractivity (Wildman–Crippen MR) is 67.5 cm³/mol. The minimum absolute atomic E-state index is 0.0530. The second-order valence-electron chi connectivity index (χ2n) is 3.85. The molecule has 1 aromatic carbocycles. The van der Waals surface area contributed by atoms with Crippen molar-refractivity contribution in [2.45, 2.75) is 13.5 Å². The Balaban J connectivity index is 3.00. The Morgan fingerprint density at radius 2 is 2.24 bits per heavy atom. The van der Waals surface area contributed by atoms with Crippen molar-refractivity contribution in [1.82, 2.24) is 4.90 Å². The van der Waals surface area contributed by atoms with Crippen LogP contribution in [-0.4, -0.2) is 36.6 Å². The van der Waals surface area contributed by atoms with E-state index in [1.807, 2.05) is 19.2 Å². The van der Waals surface area contributed by atoms with Crippen molar-refractivity contribution in [3.63, 3.8) is 0 Å². The summed E-state index contributed by atoms with van der Waals surface area (Å²) in [5.74, 6) is 0.666. The quantitative estimate of drug-likeness (QED) is 0.350. The van der Waals surface area contributed by atoms with Crippen LogP contribution in [0.15, 0.2) is 23.4 Å². The molecule has 0 bridgehead atoms. The van der Waals surface area contributed by atoms with Crippen molar-refractivity contribution in [1.29, 1.82) is 0 Å². The van der Waals surface area contributed by atoms with Crippen LogP contribution in [0.3, 0.4) is 0 Å². The van der Waals surface area contributed by atoms with E-state index < -0.39 is 0 Å². The molecule has 1 aromatic rings. The second kappa shape index (κ2) is 6.10. The molecule has 0 saturated carbocycles. The molecule has 5 nitrogen and oxygen atoms in total. The zero-order chi connectivity index (χ0) is 12.8. The van der Waals surface area contributed by atoms with E-state index in [0.29, 0.717) is 11.3 Å². The van der Waals surface area contributed by atoms with Crippen LogP contribution in [0.2, 0.25) is 0 Å². The highest BCUT2D eigenvalue weighted by Gasteiger charge is 2.09. The Morgan fingerprint density at radius 3 is 2.76 bits per heavy atom. The average molecular weight is 237 g/mol. The van der Waals surface area contributed by atoms with Gasteiger partial charge in [-0.2, -0.15) is 0 Å². The van der Waals surface area contributed by atoms with Crippen molar-refractivity contribution >= 4 is 5.84 Å². The molecule has 3 N–H and O–H groups in total. The van der Waals surface area contributed by atoms with Gasteiger partial charge in [-0.3, -0.25) is 0 Å². The predicted octanol–water partition coefficient (Wildman–Crippen LogP) is 1.24. The molecule has 0 heterocycles. The molecule has 0 radical (unpaired) electrons. The van der Waals surface area contributed by atoms with Crippen LogP contribution in [0.25, 0.3) is 0 Å². The van der Waals surface area contributed by atoms with Crippen molar-refractivity contribution in [2.24, 2.45) is 10.9 Å². The summed E-state index contributed by atoms with van der Waals surface area (Å²) in [6, 6.07) is 5.65. The number of ether oxygens (including phenoxy) is 1. The molecule has 0 saturated heterocycles. The Bertz CT molecular complexity index is 405. The van der Waals surface area contributed by atoms with Gasteiger partial charge in [0, 0.05) is 6.54 Å². The van der Waals surface area contributed by atoms with Crippen LogP contribution >= 0.6 is 0 Å². The summed E-state index contributed by atoms with van der Waals surface area (Å²) in [5.41, 5.74) is 7.28. The maximum atomic E-state index is 8.66. The van der Waals surface area contributed by atoms with E-state index in [0.717, 1.165) is 18.7 Å². The van der Waals surface area contributed by atoms with Gasteiger partial charge in [0.25, 0.3) is 0 Å². The molecular formula is C12H19N3O2. The summed E-state index contributed by atoms with van der Waals surface area (Å²) in [7, 11) is 3.61. The summed E-state index contributed by atoms with van der Waals surface area (Å²) in [5, 5.41) is 11.6. The summed E-state index contributed by atoms with van der Waals surface area (Å²) in [6.07, 6.45) is 0. The van der Waals surface area contributed by atoms with Crippen LogP contribution in [0.1, 0.15) is 18.1 Å². The average Bonchev–Trinajstić information content (AvgIpc) is 2.37. The van der Waals surface area contributed by atoms with Crippen LogP contribution in [0.5, 0.6) is 5.75 Å². The smallest absolute Gasteiger partial charge is 0.173 e. The molecule has 0 aliphatic rings. The number of rotatable bonds is 5. The SMILES string of the molecule is CCN(C)Cc1ccc(/C(N)=N/O)c(OC)c1. The Morgan fingerprint density at radius 1 is 1.53 bits per heavy atom. The molecule has 0 aromatic heterocycles. The largest absolute Gasteiger partial charge is 0.496 e. The van der Waals surface area contributed by atoms with Gasteiger partial charge in [0.15, 0.2) is 5.84 Å². The fourth-order valence-corrected chi connectivity index (χ4v) is 1.52. The van der Waals surface area contributed by atoms with Crippen LogP contribution in [0, 0.1) is 0 Å². The number of benzene rings is 1. The summed E-state index contributed by atoms with van der Waals surface area (Å²) >= 11 is 0. The van der Waals surface area contributed by atoms with Gasteiger partial charge in [-0.25, -0.2) is 0 Å². The van der Waals surface area contributed by atoms with Crippen molar-refractivity contribution < 1.29 is 9.94 Å². The van der Waals surface area contributed by atoms with E-state index in [4.69, 9.17) is 15.7 Å². The third-order valence-electron chi connectivity index (χ3n) is 2.64. The molecular weight excluding hydrogens is 218 g/mol. The first-order chi connectivity index (χ1) is 8.12. The topological polar surface area (TPSA) is 71.1 Å². The van der Waals surface area contributed by atoms with Gasteiger partial charge < -0.3 is 20.6 Å². The van der Waals surface area contributed by atoms with Gasteiger partial charge in [-0.1, -0.05) is 18.1 Å². The van der Waals surface area contributed by atoms with Crippen molar-refractivity contribution in [2.75, 3.05) is 20.7 Å². The van der Waals surface area contributed by atoms with Gasteiger partial charge in [0.1, 0.15) is 5.75 Å². The molecule has 0 unspecified atom stereocenters. The normalized spacial score (nSPS) is 11.9. The minimum atomic E-state index is 0.0530. The lowest BCUT2D eigenvalue weighted by Crippen LogP contribution is -2.18. The standard InChI is InChI=1S/C12H19N3O2/c1-4-15(2)8-9-5-6-10(12(13)14-16)11(7-9)17-3/h5-7,16H,4,8H2,1-3H3,(H2,13,14). The number of nitrogens with two attached hydrogens (primary N) is 1. The highest BCUT2D eigenvalue weighted by molar-refractivity contribution is 5.99. The zero-order valence-electron chi connectivity index (χ0n) is 10.5. The first kappa shape index (κ1) is 13.3. The van der Waals surface area contributed by atoms with Crippen LogP contribution < -0.4 is 10.5 Å². The lowest BCUT2D eigenvalue weighted by molar-refractivity contribution is 0.318. The van der Waals surface area contributed by atoms with Crippen LogP contribution in [0.4, 0.5) is 0 Å². The fourth-order valence-electron chi connectivity index (χ4n) is 1.52. The molecule has 0 fully saturated rings. The molecule has 0 aliphatic carbocycles. The molecule has 0 atom stereocenters. The maximum Gasteiger partial charge on any atom is 0.173 e. The van der Waals surface area contributed by atoms with Gasteiger partial charge in [0.2, 0.25) is 0 Å². The first-order valence-corrected chi connectivity index (χ1v) is 5.45. The van der Waals surface area contributed by atoms with Crippen molar-refractivity contribution in [3.8, 4) is 5.75 Å². The highest BCUT2D eigenvalue weighted by Crippen LogP contribution is 2.20. The molecule has 0 amide bonds. The molecule has 1 rings (SSSR count). The molecule has 94 valence electrons. The van der Waals surface area contributed by atoms with E-state index in [-0.39, 0.29) is 5.84 Å². The number of hydrogen-bond acceptors (Lipinski definition) is 4. The summed E-state index contributed by atoms with van der Waals surface area (Å²) in [4.78, 5) is 2.18. The Labute approximate surface area is 101 Å². The molecule has 17 heavy (non-hydrogen) atoms. The number of hydrogen-bond donors (Lipinski definition) is 2. The lowest BCUT2D eigenvalue weighted by Gasteiger charge is -2.15. The fraction of sp³-hybridized carbons (Fsp3) is 0.417. The molecule has 0 aliphatic heterocycles. The number of amidine groups is 1. The zero-order valence-corrected chi connectivity index (χ0v) is 10.5. The minimum Gasteiger partial charge on any atom is -0.496 e. The Kier molecular flexibility index (Phi) is 4.78. The second-order valence-corrected chi connectivity index (χ2v) is 3.85. The van der Waals surface area contributed by atoms with E-state index in [2.05, 4.69) is 17.0 Å². The van der Waals surface area contributed by atoms with Crippen molar-refractivity contribution in [3.05, 3.63) is 29.3 Å². The highest BCUT2D eigenvalue weighted by atomic mass is 16.5. The van der Waals surface area contributed by atoms with Gasteiger partial charge in [-0.05, 0) is 31.3 Å². The summed E-state index contributed by atoms with van der Waals surface area (Å²) < 4.78 is 5.23. The molecule has 0 spiro atoms. The molecule has 5 heteroatoms. The first-order valence-electron chi connectivity index (χ1n) is 5.45. The third kappa shape index (κ3) is 3.35. The lowest BCUT2D eigenvalue weighted by atomic mass is 10.1. The monoisotopic (exact) mass is 237 g/mol.